The Morgan fingerprint density at radius 1 is 0.682 bits per heavy atom. The molecule has 0 bridgehead atoms. The smallest absolute Gasteiger partial charge is 0.213 e. The van der Waals surface area contributed by atoms with Crippen LogP contribution in [0.1, 0.15) is 31.8 Å². The number of Topliss-reactive ketones (excluding diaryl/α,β-unsaturated/α-hetero) is 2. The van der Waals surface area contributed by atoms with Gasteiger partial charge in [-0.05, 0) is 38.1 Å². The van der Waals surface area contributed by atoms with Crippen molar-refractivity contribution in [3.05, 3.63) is 70.0 Å². The second-order valence-electron chi connectivity index (χ2n) is 5.76. The number of aryl methyl sites for hydroxylation is 2. The predicted octanol–water partition coefficient (Wildman–Crippen LogP) is 3.43. The van der Waals surface area contributed by atoms with Crippen molar-refractivity contribution < 1.29 is 9.59 Å². The first-order valence-electron chi connectivity index (χ1n) is 7.13. The van der Waals surface area contributed by atoms with E-state index in [0.717, 1.165) is 22.5 Å². The number of anilines is 2. The topological polar surface area (TPSA) is 58.2 Å². The third-order valence-corrected chi connectivity index (χ3v) is 4.06. The summed E-state index contributed by atoms with van der Waals surface area (Å²) in [6.45, 7) is 3.88. The van der Waals surface area contributed by atoms with Crippen molar-refractivity contribution in [2.24, 2.45) is 0 Å². The highest BCUT2D eigenvalue weighted by Crippen LogP contribution is 2.35. The highest BCUT2D eigenvalue weighted by molar-refractivity contribution is 6.27. The van der Waals surface area contributed by atoms with Crippen LogP contribution in [0.15, 0.2) is 47.8 Å². The SMILES string of the molecule is Cc1ccc2c(c1)C(=O)/C(=C1\Nc3ccc(C)cc3C1=O)N2. The lowest BCUT2D eigenvalue weighted by Gasteiger charge is -2.03. The van der Waals surface area contributed by atoms with E-state index in [1.807, 2.05) is 50.2 Å². The van der Waals surface area contributed by atoms with Gasteiger partial charge in [0.2, 0.25) is 11.6 Å². The summed E-state index contributed by atoms with van der Waals surface area (Å²) in [6, 6.07) is 11.3. The molecular formula is C18H14N2O2. The molecule has 0 aliphatic carbocycles. The first-order valence-corrected chi connectivity index (χ1v) is 7.13. The van der Waals surface area contributed by atoms with Gasteiger partial charge in [-0.2, -0.15) is 0 Å². The highest BCUT2D eigenvalue weighted by Gasteiger charge is 2.34. The monoisotopic (exact) mass is 290 g/mol. The molecule has 0 unspecified atom stereocenters. The van der Waals surface area contributed by atoms with E-state index in [9.17, 15) is 9.59 Å². The zero-order valence-corrected chi connectivity index (χ0v) is 12.3. The van der Waals surface area contributed by atoms with E-state index in [2.05, 4.69) is 10.6 Å². The second kappa shape index (κ2) is 4.31. The number of benzene rings is 2. The Morgan fingerprint density at radius 2 is 1.09 bits per heavy atom. The maximum absolute atomic E-state index is 12.6. The number of hydrogen-bond donors (Lipinski definition) is 2. The van der Waals surface area contributed by atoms with Crippen molar-refractivity contribution in [3.63, 3.8) is 0 Å². The van der Waals surface area contributed by atoms with E-state index in [4.69, 9.17) is 0 Å². The average Bonchev–Trinajstić information content (AvgIpc) is 2.98. The molecule has 2 aliphatic rings. The van der Waals surface area contributed by atoms with E-state index in [1.54, 1.807) is 0 Å². The average molecular weight is 290 g/mol. The Bertz CT molecular complexity index is 820. The quantitative estimate of drug-likeness (QED) is 0.730. The number of carbonyl (C=O) groups is 2. The minimum Gasteiger partial charge on any atom is -0.350 e. The van der Waals surface area contributed by atoms with Gasteiger partial charge in [-0.25, -0.2) is 0 Å². The number of hydrogen-bond acceptors (Lipinski definition) is 4. The Hall–Kier alpha value is -2.88. The summed E-state index contributed by atoms with van der Waals surface area (Å²) in [4.78, 5) is 25.2. The molecule has 0 spiro atoms. The molecule has 22 heavy (non-hydrogen) atoms. The molecule has 4 nitrogen and oxygen atoms in total. The molecule has 4 rings (SSSR count). The van der Waals surface area contributed by atoms with E-state index in [-0.39, 0.29) is 11.6 Å². The van der Waals surface area contributed by atoms with Gasteiger partial charge >= 0.3 is 0 Å². The van der Waals surface area contributed by atoms with E-state index in [0.29, 0.717) is 22.5 Å². The summed E-state index contributed by atoms with van der Waals surface area (Å²) >= 11 is 0. The Kier molecular flexibility index (Phi) is 2.51. The molecule has 0 fully saturated rings. The van der Waals surface area contributed by atoms with E-state index >= 15 is 0 Å². The largest absolute Gasteiger partial charge is 0.350 e. The lowest BCUT2D eigenvalue weighted by molar-refractivity contribution is 0.101. The molecule has 0 saturated heterocycles. The number of rotatable bonds is 0. The molecule has 2 aliphatic heterocycles. The molecule has 0 saturated carbocycles. The van der Waals surface area contributed by atoms with Crippen LogP contribution in [0.5, 0.6) is 0 Å². The van der Waals surface area contributed by atoms with Gasteiger partial charge in [0.05, 0.1) is 0 Å². The maximum atomic E-state index is 12.6. The second-order valence-corrected chi connectivity index (χ2v) is 5.76. The van der Waals surface area contributed by atoms with Crippen molar-refractivity contribution in [1.29, 1.82) is 0 Å². The van der Waals surface area contributed by atoms with Gasteiger partial charge in [0.15, 0.2) is 0 Å². The molecule has 108 valence electrons. The number of nitrogens with one attached hydrogen (secondary N) is 2. The van der Waals surface area contributed by atoms with Crippen LogP contribution in [0.4, 0.5) is 11.4 Å². The van der Waals surface area contributed by atoms with Crippen molar-refractivity contribution in [3.8, 4) is 0 Å². The molecular weight excluding hydrogens is 276 g/mol. The van der Waals surface area contributed by atoms with Crippen LogP contribution in [-0.4, -0.2) is 11.6 Å². The first kappa shape index (κ1) is 12.8. The minimum absolute atomic E-state index is 0.140. The lowest BCUT2D eigenvalue weighted by Crippen LogP contribution is -2.13. The molecule has 2 N–H and O–H groups in total. The fourth-order valence-electron chi connectivity index (χ4n) is 2.91. The summed E-state index contributed by atoms with van der Waals surface area (Å²) < 4.78 is 0. The number of ketones is 2. The van der Waals surface area contributed by atoms with Gasteiger partial charge in [0.25, 0.3) is 0 Å². The van der Waals surface area contributed by atoms with Crippen molar-refractivity contribution >= 4 is 22.9 Å². The van der Waals surface area contributed by atoms with E-state index in [1.165, 1.54) is 0 Å². The van der Waals surface area contributed by atoms with Gasteiger partial charge in [-0.15, -0.1) is 0 Å². The number of carbonyl (C=O) groups excluding carboxylic acids is 2. The molecule has 2 aromatic rings. The Morgan fingerprint density at radius 3 is 1.50 bits per heavy atom. The van der Waals surface area contributed by atoms with Crippen LogP contribution < -0.4 is 10.6 Å². The van der Waals surface area contributed by atoms with Crippen LogP contribution >= 0.6 is 0 Å². The Labute approximate surface area is 127 Å². The zero-order chi connectivity index (χ0) is 15.4. The first-order chi connectivity index (χ1) is 10.5. The summed E-state index contributed by atoms with van der Waals surface area (Å²) in [7, 11) is 0. The zero-order valence-electron chi connectivity index (χ0n) is 12.3. The van der Waals surface area contributed by atoms with E-state index < -0.39 is 0 Å². The molecule has 2 aromatic carbocycles. The third kappa shape index (κ3) is 1.70. The van der Waals surface area contributed by atoms with Gasteiger partial charge in [0, 0.05) is 22.5 Å². The van der Waals surface area contributed by atoms with Crippen molar-refractivity contribution in [2.45, 2.75) is 13.8 Å². The van der Waals surface area contributed by atoms with Crippen molar-refractivity contribution in [1.82, 2.24) is 0 Å². The molecule has 0 atom stereocenters. The molecule has 0 aromatic heterocycles. The summed E-state index contributed by atoms with van der Waals surface area (Å²) in [5.74, 6) is -0.279. The molecule has 0 radical (unpaired) electrons. The van der Waals surface area contributed by atoms with Gasteiger partial charge in [0.1, 0.15) is 11.4 Å². The number of fused-ring (bicyclic) bond motifs is 2. The summed E-state index contributed by atoms with van der Waals surface area (Å²) in [5.41, 5.74) is 5.43. The minimum atomic E-state index is -0.140. The van der Waals surface area contributed by atoms with Crippen LogP contribution in [0, 0.1) is 13.8 Å². The maximum Gasteiger partial charge on any atom is 0.213 e. The summed E-state index contributed by atoms with van der Waals surface area (Å²) in [6.07, 6.45) is 0. The molecule has 2 heterocycles. The van der Waals surface area contributed by atoms with Crippen LogP contribution in [-0.2, 0) is 0 Å². The third-order valence-electron chi connectivity index (χ3n) is 4.06. The number of allylic oxidation sites excluding steroid dienone is 2. The standard InChI is InChI=1S/C18H14N2O2/c1-9-3-5-13-11(7-9)17(21)15(19-13)16-18(22)12-8-10(2)4-6-14(12)20-16/h3-8,19-20H,1-2H3/b16-15+. The van der Waals surface area contributed by atoms with Crippen molar-refractivity contribution in [2.75, 3.05) is 10.6 Å². The summed E-state index contributed by atoms with van der Waals surface area (Å²) in [5, 5.41) is 6.16. The Balaban J connectivity index is 1.82. The fourth-order valence-corrected chi connectivity index (χ4v) is 2.91. The van der Waals surface area contributed by atoms with Crippen LogP contribution in [0.3, 0.4) is 0 Å². The molecule has 0 amide bonds. The lowest BCUT2D eigenvalue weighted by atomic mass is 10.0. The van der Waals surface area contributed by atoms with Crippen LogP contribution in [0.25, 0.3) is 0 Å². The van der Waals surface area contributed by atoms with Gasteiger partial charge < -0.3 is 10.6 Å². The fraction of sp³-hybridized carbons (Fsp3) is 0.111. The normalized spacial score (nSPS) is 18.8. The van der Waals surface area contributed by atoms with Gasteiger partial charge in [-0.3, -0.25) is 9.59 Å². The predicted molar refractivity (Wildman–Crippen MR) is 85.3 cm³/mol. The van der Waals surface area contributed by atoms with Gasteiger partial charge in [-0.1, -0.05) is 23.3 Å². The highest BCUT2D eigenvalue weighted by atomic mass is 16.1. The van der Waals surface area contributed by atoms with Crippen LogP contribution in [0.2, 0.25) is 0 Å². The molecule has 4 heteroatoms.